The summed E-state index contributed by atoms with van der Waals surface area (Å²) >= 11 is 0. The Balaban J connectivity index is 1.60. The van der Waals surface area contributed by atoms with Gasteiger partial charge in [-0.3, -0.25) is 9.59 Å². The fourth-order valence-electron chi connectivity index (χ4n) is 2.81. The summed E-state index contributed by atoms with van der Waals surface area (Å²) in [6.45, 7) is 0.953. The van der Waals surface area contributed by atoms with Crippen LogP contribution in [-0.4, -0.2) is 39.2 Å². The first kappa shape index (κ1) is 21.1. The molecule has 2 amide bonds. The van der Waals surface area contributed by atoms with Crippen LogP contribution in [0.25, 0.3) is 0 Å². The van der Waals surface area contributed by atoms with Crippen molar-refractivity contribution < 1.29 is 19.1 Å². The molecule has 0 aliphatic carbocycles. The molecule has 0 bridgehead atoms. The number of carbonyl (C=O) groups is 2. The quantitative estimate of drug-likeness (QED) is 0.570. The van der Waals surface area contributed by atoms with E-state index in [0.29, 0.717) is 35.8 Å². The second-order valence-electron chi connectivity index (χ2n) is 6.60. The van der Waals surface area contributed by atoms with E-state index in [2.05, 4.69) is 5.32 Å². The Bertz CT molecular complexity index is 970. The summed E-state index contributed by atoms with van der Waals surface area (Å²) in [5, 5.41) is 2.83. The lowest BCUT2D eigenvalue weighted by Crippen LogP contribution is -2.26. The van der Waals surface area contributed by atoms with Crippen molar-refractivity contribution in [1.82, 2.24) is 0 Å². The normalized spacial score (nSPS) is 10.3. The molecule has 3 aromatic rings. The SMILES string of the molecule is COCCOc1ccc(C(=O)Nc2ccc(C(=O)N(C)c3ccccc3)cc2)cc1. The first-order valence-corrected chi connectivity index (χ1v) is 9.55. The first-order chi connectivity index (χ1) is 14.6. The molecule has 0 radical (unpaired) electrons. The summed E-state index contributed by atoms with van der Waals surface area (Å²) in [5.41, 5.74) is 2.48. The van der Waals surface area contributed by atoms with Crippen LogP contribution in [0.3, 0.4) is 0 Å². The van der Waals surface area contributed by atoms with E-state index in [9.17, 15) is 9.59 Å². The predicted molar refractivity (Wildman–Crippen MR) is 117 cm³/mol. The van der Waals surface area contributed by atoms with Gasteiger partial charge in [0.1, 0.15) is 12.4 Å². The van der Waals surface area contributed by atoms with Crippen LogP contribution in [0.1, 0.15) is 20.7 Å². The number of nitrogens with zero attached hydrogens (tertiary/aromatic N) is 1. The lowest BCUT2D eigenvalue weighted by Gasteiger charge is -2.17. The molecule has 0 aliphatic rings. The fraction of sp³-hybridized carbons (Fsp3) is 0.167. The summed E-state index contributed by atoms with van der Waals surface area (Å²) in [4.78, 5) is 26.7. The minimum Gasteiger partial charge on any atom is -0.491 e. The maximum atomic E-state index is 12.6. The number of para-hydroxylation sites is 1. The number of ether oxygens (including phenoxy) is 2. The van der Waals surface area contributed by atoms with Crippen LogP contribution in [0, 0.1) is 0 Å². The van der Waals surface area contributed by atoms with Crippen molar-refractivity contribution in [1.29, 1.82) is 0 Å². The lowest BCUT2D eigenvalue weighted by molar-refractivity contribution is 0.0991. The molecule has 154 valence electrons. The number of nitrogens with one attached hydrogen (secondary N) is 1. The Hall–Kier alpha value is -3.64. The fourth-order valence-corrected chi connectivity index (χ4v) is 2.81. The molecule has 6 nitrogen and oxygen atoms in total. The molecular weight excluding hydrogens is 380 g/mol. The first-order valence-electron chi connectivity index (χ1n) is 9.55. The van der Waals surface area contributed by atoms with Gasteiger partial charge < -0.3 is 19.7 Å². The van der Waals surface area contributed by atoms with E-state index in [1.54, 1.807) is 67.6 Å². The number of anilines is 2. The number of hydrogen-bond donors (Lipinski definition) is 1. The van der Waals surface area contributed by atoms with Crippen molar-refractivity contribution in [2.75, 3.05) is 37.6 Å². The Morgan fingerprint density at radius 3 is 2.10 bits per heavy atom. The predicted octanol–water partition coefficient (Wildman–Crippen LogP) is 4.24. The van der Waals surface area contributed by atoms with Gasteiger partial charge in [0.2, 0.25) is 0 Å². The minimum atomic E-state index is -0.237. The second kappa shape index (κ2) is 10.2. The van der Waals surface area contributed by atoms with Gasteiger partial charge in [-0.25, -0.2) is 0 Å². The molecule has 0 saturated carbocycles. The number of carbonyl (C=O) groups excluding carboxylic acids is 2. The van der Waals surface area contributed by atoms with Crippen molar-refractivity contribution in [3.63, 3.8) is 0 Å². The molecule has 3 rings (SSSR count). The molecule has 6 heteroatoms. The molecule has 0 aromatic heterocycles. The average Bonchev–Trinajstić information content (AvgIpc) is 2.80. The average molecular weight is 404 g/mol. The smallest absolute Gasteiger partial charge is 0.258 e. The van der Waals surface area contributed by atoms with Gasteiger partial charge in [-0.1, -0.05) is 18.2 Å². The van der Waals surface area contributed by atoms with Crippen molar-refractivity contribution >= 4 is 23.2 Å². The third-order valence-corrected chi connectivity index (χ3v) is 4.51. The number of amides is 2. The summed E-state index contributed by atoms with van der Waals surface area (Å²) < 4.78 is 10.4. The zero-order chi connectivity index (χ0) is 21.3. The Morgan fingerprint density at radius 2 is 1.47 bits per heavy atom. The summed E-state index contributed by atoms with van der Waals surface area (Å²) in [7, 11) is 3.34. The molecular formula is C24H24N2O4. The Morgan fingerprint density at radius 1 is 0.833 bits per heavy atom. The van der Waals surface area contributed by atoms with Crippen LogP contribution < -0.4 is 15.0 Å². The molecule has 0 heterocycles. The van der Waals surface area contributed by atoms with E-state index >= 15 is 0 Å². The van der Waals surface area contributed by atoms with E-state index in [4.69, 9.17) is 9.47 Å². The topological polar surface area (TPSA) is 67.9 Å². The van der Waals surface area contributed by atoms with Crippen LogP contribution >= 0.6 is 0 Å². The highest BCUT2D eigenvalue weighted by Gasteiger charge is 2.13. The largest absolute Gasteiger partial charge is 0.491 e. The highest BCUT2D eigenvalue weighted by atomic mass is 16.5. The van der Waals surface area contributed by atoms with Gasteiger partial charge in [0.25, 0.3) is 11.8 Å². The summed E-state index contributed by atoms with van der Waals surface area (Å²) in [6.07, 6.45) is 0. The molecule has 0 saturated heterocycles. The molecule has 1 N–H and O–H groups in total. The third-order valence-electron chi connectivity index (χ3n) is 4.51. The van der Waals surface area contributed by atoms with E-state index in [-0.39, 0.29) is 11.8 Å². The van der Waals surface area contributed by atoms with Gasteiger partial charge in [0, 0.05) is 36.7 Å². The third kappa shape index (κ3) is 5.46. The highest BCUT2D eigenvalue weighted by Crippen LogP contribution is 2.18. The van der Waals surface area contributed by atoms with E-state index in [0.717, 1.165) is 5.69 Å². The van der Waals surface area contributed by atoms with E-state index < -0.39 is 0 Å². The van der Waals surface area contributed by atoms with Gasteiger partial charge in [-0.05, 0) is 60.7 Å². The van der Waals surface area contributed by atoms with Crippen molar-refractivity contribution in [2.45, 2.75) is 0 Å². The van der Waals surface area contributed by atoms with Crippen LogP contribution in [0.5, 0.6) is 5.75 Å². The number of hydrogen-bond acceptors (Lipinski definition) is 4. The van der Waals surface area contributed by atoms with Crippen LogP contribution in [-0.2, 0) is 4.74 Å². The van der Waals surface area contributed by atoms with Crippen molar-refractivity contribution in [3.8, 4) is 5.75 Å². The monoisotopic (exact) mass is 404 g/mol. The number of rotatable bonds is 8. The summed E-state index contributed by atoms with van der Waals surface area (Å²) in [6, 6.07) is 23.1. The number of benzene rings is 3. The Labute approximate surface area is 176 Å². The molecule has 0 atom stereocenters. The van der Waals surface area contributed by atoms with Gasteiger partial charge >= 0.3 is 0 Å². The molecule has 0 unspecified atom stereocenters. The van der Waals surface area contributed by atoms with Gasteiger partial charge in [-0.15, -0.1) is 0 Å². The Kier molecular flexibility index (Phi) is 7.19. The van der Waals surface area contributed by atoms with Crippen LogP contribution in [0.4, 0.5) is 11.4 Å². The van der Waals surface area contributed by atoms with Crippen molar-refractivity contribution in [2.24, 2.45) is 0 Å². The molecule has 0 spiro atoms. The molecule has 3 aromatic carbocycles. The number of methoxy groups -OCH3 is 1. The zero-order valence-corrected chi connectivity index (χ0v) is 17.0. The molecule has 30 heavy (non-hydrogen) atoms. The van der Waals surface area contributed by atoms with Gasteiger partial charge in [0.05, 0.1) is 6.61 Å². The lowest BCUT2D eigenvalue weighted by atomic mass is 10.1. The molecule has 0 aliphatic heterocycles. The molecule has 0 fully saturated rings. The van der Waals surface area contributed by atoms with Gasteiger partial charge in [-0.2, -0.15) is 0 Å². The van der Waals surface area contributed by atoms with E-state index in [1.807, 2.05) is 30.3 Å². The van der Waals surface area contributed by atoms with E-state index in [1.165, 1.54) is 0 Å². The second-order valence-corrected chi connectivity index (χ2v) is 6.60. The van der Waals surface area contributed by atoms with Crippen LogP contribution in [0.2, 0.25) is 0 Å². The van der Waals surface area contributed by atoms with Crippen molar-refractivity contribution in [3.05, 3.63) is 90.0 Å². The standard InChI is InChI=1S/C24H24N2O4/c1-26(21-6-4-3-5-7-21)24(28)19-8-12-20(13-9-19)25-23(27)18-10-14-22(15-11-18)30-17-16-29-2/h3-15H,16-17H2,1-2H3,(H,25,27). The zero-order valence-electron chi connectivity index (χ0n) is 17.0. The summed E-state index contributed by atoms with van der Waals surface area (Å²) in [5.74, 6) is 0.316. The highest BCUT2D eigenvalue weighted by molar-refractivity contribution is 6.07. The van der Waals surface area contributed by atoms with Crippen LogP contribution in [0.15, 0.2) is 78.9 Å². The maximum absolute atomic E-state index is 12.6. The minimum absolute atomic E-state index is 0.122. The van der Waals surface area contributed by atoms with Gasteiger partial charge in [0.15, 0.2) is 0 Å². The maximum Gasteiger partial charge on any atom is 0.258 e.